The fourth-order valence-corrected chi connectivity index (χ4v) is 2.64. The maximum atomic E-state index is 11.8. The van der Waals surface area contributed by atoms with Crippen LogP contribution in [-0.4, -0.2) is 45.3 Å². The minimum Gasteiger partial charge on any atom is -0.369 e. The summed E-state index contributed by atoms with van der Waals surface area (Å²) in [6.45, 7) is 5.76. The standard InChI is InChI=1S/C14H20N4O/c19-14-16-6-1-9-18(14)13-4-2-12(3-5-13)17-10-7-15-8-11-17/h2-5,15H,1,6-11H2,(H,16,19). The molecule has 0 radical (unpaired) electrons. The van der Waals surface area contributed by atoms with Gasteiger partial charge in [0.1, 0.15) is 0 Å². The fraction of sp³-hybridized carbons (Fsp3) is 0.500. The highest BCUT2D eigenvalue weighted by molar-refractivity contribution is 5.92. The minimum atomic E-state index is 0.0150. The van der Waals surface area contributed by atoms with Crippen molar-refractivity contribution in [3.8, 4) is 0 Å². The topological polar surface area (TPSA) is 47.6 Å². The summed E-state index contributed by atoms with van der Waals surface area (Å²) in [4.78, 5) is 16.0. The number of piperazine rings is 1. The molecule has 102 valence electrons. The number of nitrogens with one attached hydrogen (secondary N) is 2. The van der Waals surface area contributed by atoms with Crippen LogP contribution in [0, 0.1) is 0 Å². The third kappa shape index (κ3) is 2.66. The first-order valence-electron chi connectivity index (χ1n) is 6.96. The predicted molar refractivity (Wildman–Crippen MR) is 76.9 cm³/mol. The van der Waals surface area contributed by atoms with E-state index in [9.17, 15) is 4.79 Å². The molecule has 2 fully saturated rings. The number of nitrogens with zero attached hydrogens (tertiary/aromatic N) is 2. The first-order chi connectivity index (χ1) is 9.34. The van der Waals surface area contributed by atoms with Crippen LogP contribution in [0.1, 0.15) is 6.42 Å². The molecule has 1 aromatic rings. The first-order valence-corrected chi connectivity index (χ1v) is 6.96. The lowest BCUT2D eigenvalue weighted by Crippen LogP contribution is -2.46. The van der Waals surface area contributed by atoms with Crippen LogP contribution in [0.15, 0.2) is 24.3 Å². The Kier molecular flexibility index (Phi) is 3.55. The smallest absolute Gasteiger partial charge is 0.321 e. The third-order valence-electron chi connectivity index (χ3n) is 3.72. The summed E-state index contributed by atoms with van der Waals surface area (Å²) in [5.74, 6) is 0. The van der Waals surface area contributed by atoms with Gasteiger partial charge in [-0.05, 0) is 30.7 Å². The van der Waals surface area contributed by atoms with Crippen molar-refractivity contribution >= 4 is 17.4 Å². The molecule has 2 aliphatic rings. The average Bonchev–Trinajstić information content (AvgIpc) is 2.49. The average molecular weight is 260 g/mol. The Balaban J connectivity index is 1.72. The van der Waals surface area contributed by atoms with Crippen molar-refractivity contribution in [2.75, 3.05) is 49.1 Å². The fourth-order valence-electron chi connectivity index (χ4n) is 2.64. The number of benzene rings is 1. The van der Waals surface area contributed by atoms with Crippen molar-refractivity contribution in [1.29, 1.82) is 0 Å². The number of carbonyl (C=O) groups is 1. The van der Waals surface area contributed by atoms with Crippen LogP contribution in [0.2, 0.25) is 0 Å². The number of anilines is 2. The number of hydrogen-bond donors (Lipinski definition) is 2. The lowest BCUT2D eigenvalue weighted by atomic mass is 10.2. The quantitative estimate of drug-likeness (QED) is 0.834. The van der Waals surface area contributed by atoms with Crippen LogP contribution in [0.4, 0.5) is 16.2 Å². The molecule has 5 heteroatoms. The largest absolute Gasteiger partial charge is 0.369 e. The highest BCUT2D eigenvalue weighted by Crippen LogP contribution is 2.22. The molecule has 1 aromatic carbocycles. The molecule has 2 N–H and O–H groups in total. The second-order valence-electron chi connectivity index (χ2n) is 4.99. The van der Waals surface area contributed by atoms with E-state index in [4.69, 9.17) is 0 Å². The number of hydrogen-bond acceptors (Lipinski definition) is 3. The van der Waals surface area contributed by atoms with E-state index in [0.29, 0.717) is 0 Å². The van der Waals surface area contributed by atoms with E-state index < -0.39 is 0 Å². The molecule has 0 bridgehead atoms. The van der Waals surface area contributed by atoms with E-state index in [2.05, 4.69) is 27.7 Å². The maximum Gasteiger partial charge on any atom is 0.321 e. The lowest BCUT2D eigenvalue weighted by Gasteiger charge is -2.31. The zero-order valence-electron chi connectivity index (χ0n) is 11.1. The van der Waals surface area contributed by atoms with E-state index in [0.717, 1.165) is 51.4 Å². The Morgan fingerprint density at radius 1 is 0.895 bits per heavy atom. The summed E-state index contributed by atoms with van der Waals surface area (Å²) in [5, 5.41) is 6.23. The monoisotopic (exact) mass is 260 g/mol. The molecule has 2 heterocycles. The normalized spacial score (nSPS) is 20.3. The molecule has 0 aromatic heterocycles. The Morgan fingerprint density at radius 2 is 1.58 bits per heavy atom. The van der Waals surface area contributed by atoms with Gasteiger partial charge in [0, 0.05) is 50.6 Å². The van der Waals surface area contributed by atoms with Gasteiger partial charge in [-0.3, -0.25) is 4.90 Å². The molecule has 0 spiro atoms. The molecule has 0 aliphatic carbocycles. The zero-order chi connectivity index (χ0) is 13.1. The Bertz CT molecular complexity index is 439. The van der Waals surface area contributed by atoms with Crippen LogP contribution in [0.3, 0.4) is 0 Å². The second kappa shape index (κ2) is 5.48. The van der Waals surface area contributed by atoms with E-state index in [1.807, 2.05) is 17.0 Å². The molecule has 19 heavy (non-hydrogen) atoms. The molecule has 0 unspecified atom stereocenters. The van der Waals surface area contributed by atoms with Gasteiger partial charge in [-0.1, -0.05) is 0 Å². The van der Waals surface area contributed by atoms with Crippen LogP contribution < -0.4 is 20.4 Å². The Labute approximate surface area is 113 Å². The summed E-state index contributed by atoms with van der Waals surface area (Å²) < 4.78 is 0. The highest BCUT2D eigenvalue weighted by atomic mass is 16.2. The maximum absolute atomic E-state index is 11.8. The van der Waals surface area contributed by atoms with Crippen LogP contribution >= 0.6 is 0 Å². The molecular weight excluding hydrogens is 240 g/mol. The molecular formula is C14H20N4O. The second-order valence-corrected chi connectivity index (χ2v) is 4.99. The van der Waals surface area contributed by atoms with Crippen molar-refractivity contribution in [3.63, 3.8) is 0 Å². The summed E-state index contributed by atoms with van der Waals surface area (Å²) in [6.07, 6.45) is 1.01. The molecule has 0 atom stereocenters. The van der Waals surface area contributed by atoms with Crippen molar-refractivity contribution < 1.29 is 4.79 Å². The first kappa shape index (κ1) is 12.3. The molecule has 2 aliphatic heterocycles. The molecule has 3 rings (SSSR count). The number of carbonyl (C=O) groups excluding carboxylic acids is 1. The summed E-state index contributed by atoms with van der Waals surface area (Å²) in [7, 11) is 0. The van der Waals surface area contributed by atoms with Crippen LogP contribution in [0.25, 0.3) is 0 Å². The molecule has 5 nitrogen and oxygen atoms in total. The van der Waals surface area contributed by atoms with Gasteiger partial charge in [0.2, 0.25) is 0 Å². The molecule has 2 saturated heterocycles. The number of amides is 2. The predicted octanol–water partition coefficient (Wildman–Crippen LogP) is 1.02. The van der Waals surface area contributed by atoms with Crippen molar-refractivity contribution in [3.05, 3.63) is 24.3 Å². The van der Waals surface area contributed by atoms with Crippen LogP contribution in [-0.2, 0) is 0 Å². The van der Waals surface area contributed by atoms with Gasteiger partial charge >= 0.3 is 6.03 Å². The van der Waals surface area contributed by atoms with E-state index in [1.54, 1.807) is 0 Å². The Hall–Kier alpha value is -1.75. The van der Waals surface area contributed by atoms with Gasteiger partial charge in [0.25, 0.3) is 0 Å². The SMILES string of the molecule is O=C1NCCCN1c1ccc(N2CCNCC2)cc1. The van der Waals surface area contributed by atoms with Gasteiger partial charge in [-0.25, -0.2) is 4.79 Å². The van der Waals surface area contributed by atoms with E-state index >= 15 is 0 Å². The van der Waals surface area contributed by atoms with Gasteiger partial charge < -0.3 is 15.5 Å². The highest BCUT2D eigenvalue weighted by Gasteiger charge is 2.19. The van der Waals surface area contributed by atoms with Gasteiger partial charge in [-0.15, -0.1) is 0 Å². The van der Waals surface area contributed by atoms with Crippen LogP contribution in [0.5, 0.6) is 0 Å². The zero-order valence-corrected chi connectivity index (χ0v) is 11.1. The third-order valence-corrected chi connectivity index (χ3v) is 3.72. The van der Waals surface area contributed by atoms with Crippen molar-refractivity contribution in [1.82, 2.24) is 10.6 Å². The Morgan fingerprint density at radius 3 is 2.26 bits per heavy atom. The molecule has 0 saturated carbocycles. The molecule has 2 amide bonds. The van der Waals surface area contributed by atoms with E-state index in [1.165, 1.54) is 5.69 Å². The van der Waals surface area contributed by atoms with Crippen molar-refractivity contribution in [2.24, 2.45) is 0 Å². The number of rotatable bonds is 2. The summed E-state index contributed by atoms with van der Waals surface area (Å²) >= 11 is 0. The van der Waals surface area contributed by atoms with Gasteiger partial charge in [0.05, 0.1) is 0 Å². The van der Waals surface area contributed by atoms with Gasteiger partial charge in [-0.2, -0.15) is 0 Å². The summed E-state index contributed by atoms with van der Waals surface area (Å²) in [6, 6.07) is 8.33. The van der Waals surface area contributed by atoms with E-state index in [-0.39, 0.29) is 6.03 Å². The lowest BCUT2D eigenvalue weighted by molar-refractivity contribution is 0.243. The number of urea groups is 1. The summed E-state index contributed by atoms with van der Waals surface area (Å²) in [5.41, 5.74) is 2.22. The van der Waals surface area contributed by atoms with Crippen molar-refractivity contribution in [2.45, 2.75) is 6.42 Å². The van der Waals surface area contributed by atoms with Gasteiger partial charge in [0.15, 0.2) is 0 Å². The minimum absolute atomic E-state index is 0.0150.